The van der Waals surface area contributed by atoms with Crippen LogP contribution >= 0.6 is 0 Å². The van der Waals surface area contributed by atoms with E-state index >= 15 is 0 Å². The van der Waals surface area contributed by atoms with Gasteiger partial charge in [-0.25, -0.2) is 14.8 Å². The summed E-state index contributed by atoms with van der Waals surface area (Å²) in [6.07, 6.45) is 1.71. The van der Waals surface area contributed by atoms with Gasteiger partial charge in [0.2, 0.25) is 0 Å². The first-order valence-electron chi connectivity index (χ1n) is 6.72. The molecular formula is C13H21N5O. The Hall–Kier alpha value is -1.69. The summed E-state index contributed by atoms with van der Waals surface area (Å²) in [6, 6.07) is 1.81. The lowest BCUT2D eigenvalue weighted by molar-refractivity contribution is 0.142. The van der Waals surface area contributed by atoms with Crippen molar-refractivity contribution in [2.45, 2.75) is 20.4 Å². The number of nitrogens with one attached hydrogen (secondary N) is 1. The minimum Gasteiger partial charge on any atom is -0.332 e. The molecule has 0 atom stereocenters. The Morgan fingerprint density at radius 1 is 1.37 bits per heavy atom. The van der Waals surface area contributed by atoms with Crippen LogP contribution in [0.5, 0.6) is 0 Å². The number of rotatable bonds is 3. The predicted octanol–water partition coefficient (Wildman–Crippen LogP) is 0.632. The van der Waals surface area contributed by atoms with Crippen molar-refractivity contribution in [2.75, 3.05) is 32.7 Å². The molecule has 0 bridgehead atoms. The molecule has 6 heteroatoms. The van der Waals surface area contributed by atoms with Crippen LogP contribution in [-0.2, 0) is 6.54 Å². The summed E-state index contributed by atoms with van der Waals surface area (Å²) in [5.41, 5.74) is 0.841. The number of hydrogen-bond donors (Lipinski definition) is 1. The van der Waals surface area contributed by atoms with Gasteiger partial charge in [0, 0.05) is 32.4 Å². The van der Waals surface area contributed by atoms with Crippen LogP contribution in [0.1, 0.15) is 18.4 Å². The van der Waals surface area contributed by atoms with E-state index < -0.39 is 0 Å². The SMILES string of the molecule is CCN1CCN(C(=O)NCc2ccnc(C)n2)CC1. The fraction of sp³-hybridized carbons (Fsp3) is 0.615. The van der Waals surface area contributed by atoms with Gasteiger partial charge in [-0.05, 0) is 19.5 Å². The van der Waals surface area contributed by atoms with Crippen LogP contribution in [-0.4, -0.2) is 58.5 Å². The van der Waals surface area contributed by atoms with Gasteiger partial charge in [0.15, 0.2) is 0 Å². The molecule has 0 saturated carbocycles. The molecule has 0 aromatic carbocycles. The summed E-state index contributed by atoms with van der Waals surface area (Å²) >= 11 is 0. The molecule has 1 N–H and O–H groups in total. The molecule has 2 rings (SSSR count). The second kappa shape index (κ2) is 6.47. The molecule has 1 aliphatic heterocycles. The fourth-order valence-electron chi connectivity index (χ4n) is 2.15. The number of amides is 2. The molecule has 0 radical (unpaired) electrons. The molecule has 0 aliphatic carbocycles. The van der Waals surface area contributed by atoms with Crippen molar-refractivity contribution in [3.63, 3.8) is 0 Å². The van der Waals surface area contributed by atoms with Crippen LogP contribution < -0.4 is 5.32 Å². The van der Waals surface area contributed by atoms with E-state index in [1.807, 2.05) is 17.9 Å². The highest BCUT2D eigenvalue weighted by atomic mass is 16.2. The summed E-state index contributed by atoms with van der Waals surface area (Å²) in [7, 11) is 0. The molecule has 0 spiro atoms. The summed E-state index contributed by atoms with van der Waals surface area (Å²) in [5, 5.41) is 2.91. The van der Waals surface area contributed by atoms with Gasteiger partial charge in [-0.2, -0.15) is 0 Å². The molecule has 0 unspecified atom stereocenters. The van der Waals surface area contributed by atoms with Gasteiger partial charge in [0.25, 0.3) is 0 Å². The zero-order valence-electron chi connectivity index (χ0n) is 11.6. The first kappa shape index (κ1) is 13.7. The molecule has 2 heterocycles. The highest BCUT2D eigenvalue weighted by Gasteiger charge is 2.19. The van der Waals surface area contributed by atoms with E-state index in [-0.39, 0.29) is 6.03 Å². The van der Waals surface area contributed by atoms with Crippen molar-refractivity contribution in [3.8, 4) is 0 Å². The maximum atomic E-state index is 12.0. The Bertz CT molecular complexity index is 429. The Kier molecular flexibility index (Phi) is 4.68. The van der Waals surface area contributed by atoms with E-state index in [1.54, 1.807) is 6.20 Å². The number of likely N-dealkylation sites (N-methyl/N-ethyl adjacent to an activating group) is 1. The number of carbonyl (C=O) groups excluding carboxylic acids is 1. The highest BCUT2D eigenvalue weighted by Crippen LogP contribution is 2.02. The average molecular weight is 263 g/mol. The van der Waals surface area contributed by atoms with E-state index in [2.05, 4.69) is 27.1 Å². The van der Waals surface area contributed by atoms with Crippen LogP contribution in [0.15, 0.2) is 12.3 Å². The monoisotopic (exact) mass is 263 g/mol. The van der Waals surface area contributed by atoms with Crippen LogP contribution in [0.3, 0.4) is 0 Å². The highest BCUT2D eigenvalue weighted by molar-refractivity contribution is 5.74. The first-order chi connectivity index (χ1) is 9.19. The van der Waals surface area contributed by atoms with Crippen LogP contribution in [0.2, 0.25) is 0 Å². The molecule has 6 nitrogen and oxygen atoms in total. The standard InChI is InChI=1S/C13H21N5O/c1-3-17-6-8-18(9-7-17)13(19)15-10-12-4-5-14-11(2)16-12/h4-5H,3,6-10H2,1-2H3,(H,15,19). The van der Waals surface area contributed by atoms with E-state index in [9.17, 15) is 4.79 Å². The Morgan fingerprint density at radius 2 is 2.11 bits per heavy atom. The lowest BCUT2D eigenvalue weighted by atomic mass is 10.3. The molecule has 1 aliphatic rings. The molecule has 1 aromatic rings. The normalized spacial score (nSPS) is 16.4. The fourth-order valence-corrected chi connectivity index (χ4v) is 2.15. The minimum atomic E-state index is -0.00739. The molecule has 19 heavy (non-hydrogen) atoms. The summed E-state index contributed by atoms with van der Waals surface area (Å²) in [6.45, 7) is 8.99. The van der Waals surface area contributed by atoms with Gasteiger partial charge >= 0.3 is 6.03 Å². The van der Waals surface area contributed by atoms with Crippen LogP contribution in [0.4, 0.5) is 4.79 Å². The topological polar surface area (TPSA) is 61.4 Å². The Balaban J connectivity index is 1.79. The minimum absolute atomic E-state index is 0.00739. The van der Waals surface area contributed by atoms with Gasteiger partial charge in [-0.15, -0.1) is 0 Å². The number of hydrogen-bond acceptors (Lipinski definition) is 4. The summed E-state index contributed by atoms with van der Waals surface area (Å²) in [4.78, 5) is 24.5. The first-order valence-corrected chi connectivity index (χ1v) is 6.72. The maximum Gasteiger partial charge on any atom is 0.317 e. The number of carbonyl (C=O) groups is 1. The van der Waals surface area contributed by atoms with Crippen molar-refractivity contribution in [2.24, 2.45) is 0 Å². The molecule has 1 saturated heterocycles. The van der Waals surface area contributed by atoms with E-state index in [1.165, 1.54) is 0 Å². The number of piperazine rings is 1. The van der Waals surface area contributed by atoms with Gasteiger partial charge in [0.1, 0.15) is 5.82 Å². The predicted molar refractivity (Wildman–Crippen MR) is 72.7 cm³/mol. The average Bonchev–Trinajstić information content (AvgIpc) is 2.45. The smallest absolute Gasteiger partial charge is 0.317 e. The third kappa shape index (κ3) is 3.89. The summed E-state index contributed by atoms with van der Waals surface area (Å²) < 4.78 is 0. The zero-order chi connectivity index (χ0) is 13.7. The third-order valence-corrected chi connectivity index (χ3v) is 3.36. The molecule has 1 fully saturated rings. The van der Waals surface area contributed by atoms with Crippen LogP contribution in [0, 0.1) is 6.92 Å². The van der Waals surface area contributed by atoms with Crippen molar-refractivity contribution < 1.29 is 4.79 Å². The van der Waals surface area contributed by atoms with Gasteiger partial charge in [0.05, 0.1) is 12.2 Å². The van der Waals surface area contributed by atoms with Crippen LogP contribution in [0.25, 0.3) is 0 Å². The molecule has 104 valence electrons. The zero-order valence-corrected chi connectivity index (χ0v) is 11.6. The van der Waals surface area contributed by atoms with E-state index in [0.717, 1.165) is 44.2 Å². The van der Waals surface area contributed by atoms with Crippen molar-refractivity contribution >= 4 is 6.03 Å². The largest absolute Gasteiger partial charge is 0.332 e. The van der Waals surface area contributed by atoms with Crippen molar-refractivity contribution in [1.82, 2.24) is 25.1 Å². The summed E-state index contributed by atoms with van der Waals surface area (Å²) in [5.74, 6) is 0.725. The van der Waals surface area contributed by atoms with Crippen molar-refractivity contribution in [3.05, 3.63) is 23.8 Å². The number of urea groups is 1. The lowest BCUT2D eigenvalue weighted by Gasteiger charge is -2.33. The second-order valence-corrected chi connectivity index (χ2v) is 4.68. The lowest BCUT2D eigenvalue weighted by Crippen LogP contribution is -2.51. The van der Waals surface area contributed by atoms with E-state index in [0.29, 0.717) is 6.54 Å². The van der Waals surface area contributed by atoms with Gasteiger partial charge in [-0.3, -0.25) is 0 Å². The van der Waals surface area contributed by atoms with E-state index in [4.69, 9.17) is 0 Å². The third-order valence-electron chi connectivity index (χ3n) is 3.36. The Morgan fingerprint density at radius 3 is 2.74 bits per heavy atom. The Labute approximate surface area is 113 Å². The molecular weight excluding hydrogens is 242 g/mol. The van der Waals surface area contributed by atoms with Gasteiger partial charge in [-0.1, -0.05) is 6.92 Å². The number of aromatic nitrogens is 2. The van der Waals surface area contributed by atoms with Crippen molar-refractivity contribution in [1.29, 1.82) is 0 Å². The number of nitrogens with zero attached hydrogens (tertiary/aromatic N) is 4. The second-order valence-electron chi connectivity index (χ2n) is 4.68. The quantitative estimate of drug-likeness (QED) is 0.869. The molecule has 2 amide bonds. The maximum absolute atomic E-state index is 12.0. The van der Waals surface area contributed by atoms with Gasteiger partial charge < -0.3 is 15.1 Å². The number of aryl methyl sites for hydroxylation is 1. The molecule has 1 aromatic heterocycles.